The van der Waals surface area contributed by atoms with Crippen LogP contribution in [0.4, 0.5) is 0 Å². The van der Waals surface area contributed by atoms with Gasteiger partial charge in [0.1, 0.15) is 17.5 Å². The molecule has 3 rings (SSSR count). The Morgan fingerprint density at radius 3 is 2.24 bits per heavy atom. The third-order valence-electron chi connectivity index (χ3n) is 5.55. The summed E-state index contributed by atoms with van der Waals surface area (Å²) in [5.74, 6) is 0.0137. The molecule has 33 heavy (non-hydrogen) atoms. The average molecular weight is 448 g/mol. The van der Waals surface area contributed by atoms with Crippen molar-refractivity contribution in [1.82, 2.24) is 5.32 Å². The lowest BCUT2D eigenvalue weighted by atomic mass is 9.96. The normalized spacial score (nSPS) is 12.0. The summed E-state index contributed by atoms with van der Waals surface area (Å²) in [4.78, 5) is 11.2. The Balaban J connectivity index is 1.89. The fourth-order valence-corrected chi connectivity index (χ4v) is 3.68. The molecule has 1 atom stereocenters. The van der Waals surface area contributed by atoms with Crippen LogP contribution >= 0.6 is 0 Å². The topological polar surface area (TPSA) is 88.0 Å². The number of carboxylic acids is 1. The molecule has 0 saturated heterocycles. The molecule has 0 fully saturated rings. The zero-order chi connectivity index (χ0) is 23.8. The molecule has 172 valence electrons. The molecule has 0 saturated carbocycles. The van der Waals surface area contributed by atoms with Gasteiger partial charge in [0, 0.05) is 12.1 Å². The summed E-state index contributed by atoms with van der Waals surface area (Å²) in [7, 11) is 3.11. The second kappa shape index (κ2) is 11.3. The summed E-state index contributed by atoms with van der Waals surface area (Å²) in [5, 5.41) is 21.2. The molecule has 3 aromatic carbocycles. The molecule has 3 N–H and O–H groups in total. The number of hydrogen-bond acceptors (Lipinski definition) is 5. The van der Waals surface area contributed by atoms with Crippen LogP contribution in [0.15, 0.2) is 60.7 Å². The van der Waals surface area contributed by atoms with Gasteiger partial charge >= 0.3 is 5.97 Å². The first kappa shape index (κ1) is 24.0. The summed E-state index contributed by atoms with van der Waals surface area (Å²) < 4.78 is 11.1. The van der Waals surface area contributed by atoms with Gasteiger partial charge in [-0.15, -0.1) is 0 Å². The zero-order valence-corrected chi connectivity index (χ0v) is 19.0. The van der Waals surface area contributed by atoms with Crippen molar-refractivity contribution >= 4 is 18.1 Å². The van der Waals surface area contributed by atoms with Gasteiger partial charge in [-0.25, -0.2) is 0 Å². The molecule has 6 nitrogen and oxygen atoms in total. The van der Waals surface area contributed by atoms with Crippen LogP contribution in [0.5, 0.6) is 11.5 Å². The molecule has 0 aliphatic heterocycles. The van der Waals surface area contributed by atoms with Gasteiger partial charge in [0.25, 0.3) is 0 Å². The van der Waals surface area contributed by atoms with Crippen molar-refractivity contribution in [2.45, 2.75) is 19.5 Å². The Morgan fingerprint density at radius 1 is 1.00 bits per heavy atom. The molecule has 0 aliphatic carbocycles. The largest absolute Gasteiger partial charge is 0.496 e. The number of nitrogens with one attached hydrogen (secondary N) is 1. The van der Waals surface area contributed by atoms with Gasteiger partial charge in [-0.2, -0.15) is 0 Å². The summed E-state index contributed by atoms with van der Waals surface area (Å²) >= 11 is 0. The molecule has 0 bridgehead atoms. The van der Waals surface area contributed by atoms with Gasteiger partial charge in [-0.05, 0) is 46.9 Å². The van der Waals surface area contributed by atoms with Crippen molar-refractivity contribution in [1.29, 1.82) is 0 Å². The molecule has 0 aromatic heterocycles. The summed E-state index contributed by atoms with van der Waals surface area (Å²) in [5.41, 5.74) is 6.21. The zero-order valence-electron chi connectivity index (χ0n) is 19.0. The standard InChI is InChI=1S/C27H29NO5/c1-18-20(10-7-11-22(18)21-8-5-4-6-9-21)13-12-19-14-25(32-2)23(26(15-19)33-3)16-28-24(17-29)27(30)31/h4-15,24,28-29H,16-17H2,1-3H3,(H,30,31)/b13-12+/t24-/m0/s1. The summed E-state index contributed by atoms with van der Waals surface area (Å²) in [6.07, 6.45) is 4.05. The first-order valence-electron chi connectivity index (χ1n) is 10.6. The number of hydrogen-bond donors (Lipinski definition) is 3. The van der Waals surface area contributed by atoms with Crippen LogP contribution in [0, 0.1) is 6.92 Å². The van der Waals surface area contributed by atoms with Crippen LogP contribution in [-0.2, 0) is 11.3 Å². The number of aliphatic carboxylic acids is 1. The van der Waals surface area contributed by atoms with E-state index in [0.717, 1.165) is 11.1 Å². The molecular weight excluding hydrogens is 418 g/mol. The Morgan fingerprint density at radius 2 is 1.67 bits per heavy atom. The average Bonchev–Trinajstić information content (AvgIpc) is 2.84. The fourth-order valence-electron chi connectivity index (χ4n) is 3.68. The van der Waals surface area contributed by atoms with Gasteiger partial charge in [-0.1, -0.05) is 60.7 Å². The van der Waals surface area contributed by atoms with E-state index >= 15 is 0 Å². The minimum Gasteiger partial charge on any atom is -0.496 e. The maximum absolute atomic E-state index is 11.2. The smallest absolute Gasteiger partial charge is 0.323 e. The number of carbonyl (C=O) groups is 1. The van der Waals surface area contributed by atoms with Crippen molar-refractivity contribution < 1.29 is 24.5 Å². The highest BCUT2D eigenvalue weighted by Crippen LogP contribution is 2.32. The third-order valence-corrected chi connectivity index (χ3v) is 5.55. The minimum absolute atomic E-state index is 0.173. The fraction of sp³-hybridized carbons (Fsp3) is 0.222. The van der Waals surface area contributed by atoms with E-state index in [-0.39, 0.29) is 6.54 Å². The maximum atomic E-state index is 11.2. The molecule has 0 spiro atoms. The van der Waals surface area contributed by atoms with Gasteiger partial charge < -0.3 is 19.7 Å². The second-order valence-corrected chi connectivity index (χ2v) is 7.58. The highest BCUT2D eigenvalue weighted by molar-refractivity contribution is 5.78. The molecule has 3 aromatic rings. The van der Waals surface area contributed by atoms with E-state index in [1.165, 1.54) is 16.7 Å². The van der Waals surface area contributed by atoms with Gasteiger partial charge in [0.2, 0.25) is 0 Å². The first-order chi connectivity index (χ1) is 16.0. The van der Waals surface area contributed by atoms with Crippen LogP contribution in [0.2, 0.25) is 0 Å². The SMILES string of the molecule is COc1cc(/C=C/c2cccc(-c3ccccc3)c2C)cc(OC)c1CN[C@@H](CO)C(=O)O. The molecule has 0 amide bonds. The monoisotopic (exact) mass is 447 g/mol. The van der Waals surface area contributed by atoms with Crippen LogP contribution in [0.3, 0.4) is 0 Å². The van der Waals surface area contributed by atoms with Gasteiger partial charge in [0.05, 0.1) is 20.8 Å². The number of rotatable bonds is 10. The number of benzene rings is 3. The number of ether oxygens (including phenoxy) is 2. The van der Waals surface area contributed by atoms with E-state index in [9.17, 15) is 9.90 Å². The molecule has 0 unspecified atom stereocenters. The molecule has 0 radical (unpaired) electrons. The number of aliphatic hydroxyl groups excluding tert-OH is 1. The van der Waals surface area contributed by atoms with Crippen molar-refractivity contribution in [3.63, 3.8) is 0 Å². The van der Waals surface area contributed by atoms with Crippen molar-refractivity contribution in [3.05, 3.63) is 82.9 Å². The number of methoxy groups -OCH3 is 2. The van der Waals surface area contributed by atoms with E-state index in [4.69, 9.17) is 14.6 Å². The van der Waals surface area contributed by atoms with Crippen LogP contribution in [0.1, 0.15) is 22.3 Å². The molecule has 0 aliphatic rings. The van der Waals surface area contributed by atoms with Crippen LogP contribution < -0.4 is 14.8 Å². The quantitative estimate of drug-likeness (QED) is 0.400. The van der Waals surface area contributed by atoms with E-state index < -0.39 is 18.6 Å². The number of carboxylic acid groups (broad SMARTS) is 1. The van der Waals surface area contributed by atoms with Gasteiger partial charge in [-0.3, -0.25) is 10.1 Å². The van der Waals surface area contributed by atoms with Gasteiger partial charge in [0.15, 0.2) is 0 Å². The predicted octanol–water partition coefficient (Wildman–Crippen LogP) is 4.38. The molecule has 6 heteroatoms. The number of aliphatic hydroxyl groups is 1. The lowest BCUT2D eigenvalue weighted by Gasteiger charge is -2.17. The Bertz CT molecular complexity index is 1100. The lowest BCUT2D eigenvalue weighted by molar-refractivity contribution is -0.140. The second-order valence-electron chi connectivity index (χ2n) is 7.58. The first-order valence-corrected chi connectivity index (χ1v) is 10.6. The van der Waals surface area contributed by atoms with E-state index in [0.29, 0.717) is 17.1 Å². The van der Waals surface area contributed by atoms with Crippen molar-refractivity contribution in [2.75, 3.05) is 20.8 Å². The molecular formula is C27H29NO5. The summed E-state index contributed by atoms with van der Waals surface area (Å²) in [6.45, 7) is 1.77. The Labute approximate surface area is 194 Å². The van der Waals surface area contributed by atoms with Crippen molar-refractivity contribution in [3.8, 4) is 22.6 Å². The molecule has 0 heterocycles. The van der Waals surface area contributed by atoms with E-state index in [1.807, 2.05) is 42.5 Å². The maximum Gasteiger partial charge on any atom is 0.323 e. The lowest BCUT2D eigenvalue weighted by Crippen LogP contribution is -2.39. The summed E-state index contributed by atoms with van der Waals surface area (Å²) in [6, 6.07) is 19.2. The minimum atomic E-state index is -1.12. The van der Waals surface area contributed by atoms with E-state index in [1.54, 1.807) is 14.2 Å². The van der Waals surface area contributed by atoms with Crippen LogP contribution in [-0.4, -0.2) is 43.1 Å². The Kier molecular flexibility index (Phi) is 8.24. The predicted molar refractivity (Wildman–Crippen MR) is 130 cm³/mol. The highest BCUT2D eigenvalue weighted by Gasteiger charge is 2.18. The van der Waals surface area contributed by atoms with E-state index in [2.05, 4.69) is 42.6 Å². The van der Waals surface area contributed by atoms with Crippen LogP contribution in [0.25, 0.3) is 23.3 Å². The van der Waals surface area contributed by atoms with Crippen molar-refractivity contribution in [2.24, 2.45) is 0 Å². The Hall–Kier alpha value is -3.61. The third kappa shape index (κ3) is 5.80. The highest BCUT2D eigenvalue weighted by atomic mass is 16.5.